The Hall–Kier alpha value is 0.377. The predicted molar refractivity (Wildman–Crippen MR) is 129 cm³/mol. The van der Waals surface area contributed by atoms with E-state index >= 15 is 0 Å². The molecule has 4 rings (SSSR count). The van der Waals surface area contributed by atoms with Crippen LogP contribution in [0.4, 0.5) is 0 Å². The van der Waals surface area contributed by atoms with Crippen molar-refractivity contribution in [3.05, 3.63) is 0 Å². The normalized spacial score (nSPS) is 41.1. The van der Waals surface area contributed by atoms with Crippen molar-refractivity contribution in [3.63, 3.8) is 0 Å². The molecule has 1 aliphatic heterocycles. The molecule has 1 spiro atoms. The maximum Gasteiger partial charge on any atom is 0.310 e. The summed E-state index contributed by atoms with van der Waals surface area (Å²) in [4.78, 5) is 13.1. The first kappa shape index (κ1) is 22.6. The Kier molecular flexibility index (Phi) is 5.81. The summed E-state index contributed by atoms with van der Waals surface area (Å²) in [5.74, 6) is 1.28. The summed E-state index contributed by atoms with van der Waals surface area (Å²) < 4.78 is 14.1. The number of hydrogen-bond acceptors (Lipinski definition) is 3. The number of rotatable bonds is 5. The molecule has 0 amide bonds. The molecule has 0 radical (unpaired) electrons. The first-order chi connectivity index (χ1) is 13.5. The lowest BCUT2D eigenvalue weighted by molar-refractivity contribution is -0.152. The van der Waals surface area contributed by atoms with E-state index in [1.165, 1.54) is 19.3 Å². The van der Waals surface area contributed by atoms with E-state index in [2.05, 4.69) is 71.1 Å². The average Bonchev–Trinajstić information content (AvgIpc) is 3.31. The smallest absolute Gasteiger partial charge is 0.310 e. The minimum atomic E-state index is -1.96. The zero-order valence-electron chi connectivity index (χ0n) is 19.5. The molecule has 4 fully saturated rings. The van der Waals surface area contributed by atoms with Crippen LogP contribution in [-0.2, 0) is 14.0 Å². The molecule has 0 aromatic carbocycles. The van der Waals surface area contributed by atoms with Gasteiger partial charge in [-0.2, -0.15) is 0 Å². The number of esters is 1. The summed E-state index contributed by atoms with van der Waals surface area (Å²) in [6.07, 6.45) is 7.08. The highest BCUT2D eigenvalue weighted by Gasteiger charge is 2.71. The van der Waals surface area contributed by atoms with Crippen LogP contribution >= 0.6 is 22.6 Å². The third-order valence-corrected chi connectivity index (χ3v) is 16.9. The molecule has 3 saturated carbocycles. The minimum Gasteiger partial charge on any atom is -0.459 e. The number of alkyl halides is 1. The van der Waals surface area contributed by atoms with Crippen LogP contribution in [0.25, 0.3) is 0 Å². The van der Waals surface area contributed by atoms with Gasteiger partial charge in [0.2, 0.25) is 8.32 Å². The first-order valence-electron chi connectivity index (χ1n) is 12.0. The third-order valence-electron chi connectivity index (χ3n) is 9.35. The van der Waals surface area contributed by atoms with Gasteiger partial charge < -0.3 is 9.16 Å². The number of ether oxygens (including phenoxy) is 1. The zero-order chi connectivity index (χ0) is 21.4. The standard InChI is InChI=1S/C24H41IO3Si/c1-14(2)29(15(3)4,16(5)6)28-17-12-18-21-23(7,27-22(18)26)9-8-19(20(25)13-17)24(21)10-11-24/h14-21H,8-13H2,1-7H3/t17-,18-,19?,20?,21?,23+/m1/s1. The van der Waals surface area contributed by atoms with Crippen molar-refractivity contribution in [1.29, 1.82) is 0 Å². The lowest BCUT2D eigenvalue weighted by Crippen LogP contribution is -2.54. The quantitative estimate of drug-likeness (QED) is 0.168. The summed E-state index contributed by atoms with van der Waals surface area (Å²) in [5, 5.41) is 0. The van der Waals surface area contributed by atoms with Crippen LogP contribution < -0.4 is 0 Å². The van der Waals surface area contributed by atoms with Gasteiger partial charge in [-0.15, -0.1) is 0 Å². The molecule has 1 saturated heterocycles. The van der Waals surface area contributed by atoms with Crippen molar-refractivity contribution in [3.8, 4) is 0 Å². The van der Waals surface area contributed by atoms with E-state index in [1.807, 2.05) is 0 Å². The fourth-order valence-electron chi connectivity index (χ4n) is 8.29. The highest BCUT2D eigenvalue weighted by Crippen LogP contribution is 2.72. The van der Waals surface area contributed by atoms with Crippen LogP contribution in [0.1, 0.15) is 87.0 Å². The molecule has 5 heteroatoms. The Morgan fingerprint density at radius 3 is 2.14 bits per heavy atom. The average molecular weight is 533 g/mol. The van der Waals surface area contributed by atoms with Crippen LogP contribution in [0.5, 0.6) is 0 Å². The number of carbonyl (C=O) groups is 1. The summed E-state index contributed by atoms with van der Waals surface area (Å²) in [7, 11) is -1.96. The summed E-state index contributed by atoms with van der Waals surface area (Å²) in [6, 6.07) is 0. The van der Waals surface area contributed by atoms with E-state index in [-0.39, 0.29) is 23.6 Å². The number of hydrogen-bond donors (Lipinski definition) is 0. The molecule has 1 heterocycles. The summed E-state index contributed by atoms with van der Waals surface area (Å²) in [5.41, 5.74) is 1.89. The van der Waals surface area contributed by atoms with Gasteiger partial charge in [-0.3, -0.25) is 4.79 Å². The number of halogens is 1. The van der Waals surface area contributed by atoms with Gasteiger partial charge in [0.1, 0.15) is 5.60 Å². The zero-order valence-corrected chi connectivity index (χ0v) is 22.6. The van der Waals surface area contributed by atoms with E-state index in [1.54, 1.807) is 0 Å². The highest BCUT2D eigenvalue weighted by molar-refractivity contribution is 14.1. The molecular weight excluding hydrogens is 491 g/mol. The Balaban J connectivity index is 1.69. The van der Waals surface area contributed by atoms with Crippen LogP contribution in [-0.4, -0.2) is 29.9 Å². The van der Waals surface area contributed by atoms with Crippen molar-refractivity contribution >= 4 is 36.9 Å². The molecule has 29 heavy (non-hydrogen) atoms. The maximum atomic E-state index is 13.1. The fourth-order valence-corrected chi connectivity index (χ4v) is 15.5. The van der Waals surface area contributed by atoms with Gasteiger partial charge in [0.05, 0.1) is 5.92 Å². The van der Waals surface area contributed by atoms with Crippen LogP contribution in [0.3, 0.4) is 0 Å². The molecule has 2 bridgehead atoms. The van der Waals surface area contributed by atoms with Crippen LogP contribution in [0, 0.1) is 23.2 Å². The van der Waals surface area contributed by atoms with E-state index in [0.717, 1.165) is 25.2 Å². The van der Waals surface area contributed by atoms with E-state index in [9.17, 15) is 4.79 Å². The molecule has 3 aliphatic carbocycles. The Bertz CT molecular complexity index is 637. The highest BCUT2D eigenvalue weighted by atomic mass is 127. The van der Waals surface area contributed by atoms with E-state index in [0.29, 0.717) is 31.9 Å². The molecule has 0 aromatic rings. The van der Waals surface area contributed by atoms with Gasteiger partial charge in [0.25, 0.3) is 0 Å². The lowest BCUT2D eigenvalue weighted by atomic mass is 9.56. The second-order valence-electron chi connectivity index (χ2n) is 11.7. The molecule has 0 aromatic heterocycles. The Morgan fingerprint density at radius 1 is 1.03 bits per heavy atom. The fraction of sp³-hybridized carbons (Fsp3) is 0.958. The van der Waals surface area contributed by atoms with Gasteiger partial charge in [-0.25, -0.2) is 0 Å². The molecule has 6 atom stereocenters. The molecule has 3 unspecified atom stereocenters. The minimum absolute atomic E-state index is 0.0531. The van der Waals surface area contributed by atoms with Crippen molar-refractivity contribution in [2.45, 2.75) is 119 Å². The van der Waals surface area contributed by atoms with Crippen molar-refractivity contribution in [1.82, 2.24) is 0 Å². The maximum absolute atomic E-state index is 13.1. The predicted octanol–water partition coefficient (Wildman–Crippen LogP) is 6.88. The van der Waals surface area contributed by atoms with Gasteiger partial charge in [0, 0.05) is 15.9 Å². The largest absolute Gasteiger partial charge is 0.459 e. The van der Waals surface area contributed by atoms with Gasteiger partial charge in [0.15, 0.2) is 0 Å². The SMILES string of the molecule is CC(C)[Si](O[C@H]1CC(I)C2CC[C@]3(C)OC(=O)[C@H](C1)C3C21CC1)(C(C)C)C(C)C. The Labute approximate surface area is 192 Å². The first-order valence-corrected chi connectivity index (χ1v) is 15.4. The number of carbonyl (C=O) groups excluding carboxylic acids is 1. The molecule has 3 nitrogen and oxygen atoms in total. The van der Waals surface area contributed by atoms with Crippen molar-refractivity contribution < 1.29 is 14.0 Å². The second kappa shape index (κ2) is 7.46. The van der Waals surface area contributed by atoms with Crippen molar-refractivity contribution in [2.24, 2.45) is 23.2 Å². The van der Waals surface area contributed by atoms with Crippen LogP contribution in [0.2, 0.25) is 16.6 Å². The molecule has 4 aliphatic rings. The third kappa shape index (κ3) is 3.30. The van der Waals surface area contributed by atoms with E-state index in [4.69, 9.17) is 9.16 Å². The Morgan fingerprint density at radius 2 is 1.62 bits per heavy atom. The van der Waals surface area contributed by atoms with Gasteiger partial charge in [-0.05, 0) is 73.4 Å². The van der Waals surface area contributed by atoms with Crippen molar-refractivity contribution in [2.75, 3.05) is 0 Å². The summed E-state index contributed by atoms with van der Waals surface area (Å²) in [6.45, 7) is 16.4. The molecule has 0 N–H and O–H groups in total. The lowest BCUT2D eigenvalue weighted by Gasteiger charge is -2.51. The van der Waals surface area contributed by atoms with Gasteiger partial charge in [-0.1, -0.05) is 64.1 Å². The van der Waals surface area contributed by atoms with E-state index < -0.39 is 8.32 Å². The monoisotopic (exact) mass is 532 g/mol. The topological polar surface area (TPSA) is 35.5 Å². The second-order valence-corrected chi connectivity index (χ2v) is 18.7. The van der Waals surface area contributed by atoms with Crippen LogP contribution in [0.15, 0.2) is 0 Å². The molecule has 166 valence electrons. The van der Waals surface area contributed by atoms with Gasteiger partial charge >= 0.3 is 5.97 Å². The molecular formula is C24H41IO3Si. The summed E-state index contributed by atoms with van der Waals surface area (Å²) >= 11 is 2.74.